The molecular weight excluding hydrogens is 190 g/mol. The summed E-state index contributed by atoms with van der Waals surface area (Å²) in [6.07, 6.45) is 8.04. The van der Waals surface area contributed by atoms with Crippen molar-refractivity contribution in [3.8, 4) is 0 Å². The van der Waals surface area contributed by atoms with E-state index in [0.717, 1.165) is 12.8 Å². The van der Waals surface area contributed by atoms with E-state index in [1.165, 1.54) is 52.4 Å². The molecule has 0 amide bonds. The molecule has 0 N–H and O–H groups in total. The Morgan fingerprint density at radius 2 is 1.87 bits per heavy atom. The predicted molar refractivity (Wildman–Crippen MR) is 60.8 cm³/mol. The van der Waals surface area contributed by atoms with Gasteiger partial charge in [0.25, 0.3) is 0 Å². The minimum atomic E-state index is -0.0760. The van der Waals surface area contributed by atoms with Crippen molar-refractivity contribution in [1.29, 1.82) is 0 Å². The molecule has 0 bridgehead atoms. The van der Waals surface area contributed by atoms with Crippen LogP contribution in [0.15, 0.2) is 0 Å². The minimum absolute atomic E-state index is 0.0760. The number of methoxy groups -OCH3 is 1. The second-order valence-corrected chi connectivity index (χ2v) is 4.29. The van der Waals surface area contributed by atoms with Crippen LogP contribution in [0.2, 0.25) is 0 Å². The summed E-state index contributed by atoms with van der Waals surface area (Å²) in [7, 11) is 1.45. The highest BCUT2D eigenvalue weighted by atomic mass is 16.5. The Bertz CT molecular complexity index is 176. The van der Waals surface area contributed by atoms with Crippen molar-refractivity contribution >= 4 is 5.97 Å². The molecule has 0 aromatic carbocycles. The average Bonchev–Trinajstić information content (AvgIpc) is 2.29. The summed E-state index contributed by atoms with van der Waals surface area (Å²) < 4.78 is 4.60. The number of unbranched alkanes of at least 4 members (excludes halogenated alkanes) is 2. The molecular formula is C12H23NO2. The normalized spacial score (nSPS) is 17.7. The van der Waals surface area contributed by atoms with Crippen LogP contribution in [-0.4, -0.2) is 37.6 Å². The molecule has 88 valence electrons. The summed E-state index contributed by atoms with van der Waals surface area (Å²) in [5.74, 6) is -0.0760. The van der Waals surface area contributed by atoms with Gasteiger partial charge in [-0.15, -0.1) is 0 Å². The van der Waals surface area contributed by atoms with Gasteiger partial charge < -0.3 is 9.64 Å². The first-order valence-electron chi connectivity index (χ1n) is 6.12. The van der Waals surface area contributed by atoms with E-state index in [9.17, 15) is 4.79 Å². The van der Waals surface area contributed by atoms with Crippen molar-refractivity contribution in [2.24, 2.45) is 0 Å². The maximum absolute atomic E-state index is 10.8. The van der Waals surface area contributed by atoms with E-state index < -0.39 is 0 Å². The number of carbonyl (C=O) groups is 1. The quantitative estimate of drug-likeness (QED) is 0.500. The Balaban J connectivity index is 1.89. The van der Waals surface area contributed by atoms with Gasteiger partial charge in [0.15, 0.2) is 0 Å². The maximum atomic E-state index is 10.8. The first-order valence-corrected chi connectivity index (χ1v) is 6.12. The molecule has 1 heterocycles. The first-order chi connectivity index (χ1) is 7.33. The van der Waals surface area contributed by atoms with Crippen LogP contribution < -0.4 is 0 Å². The lowest BCUT2D eigenvalue weighted by atomic mass is 10.1. The Labute approximate surface area is 92.8 Å². The third-order valence-corrected chi connectivity index (χ3v) is 3.03. The molecule has 3 heteroatoms. The van der Waals surface area contributed by atoms with E-state index in [0.29, 0.717) is 6.42 Å². The van der Waals surface area contributed by atoms with E-state index in [4.69, 9.17) is 0 Å². The molecule has 0 unspecified atom stereocenters. The molecule has 0 saturated carbocycles. The van der Waals surface area contributed by atoms with Gasteiger partial charge in [0.1, 0.15) is 0 Å². The molecule has 0 aromatic heterocycles. The molecule has 0 spiro atoms. The highest BCUT2D eigenvalue weighted by molar-refractivity contribution is 5.68. The summed E-state index contributed by atoms with van der Waals surface area (Å²) >= 11 is 0. The second-order valence-electron chi connectivity index (χ2n) is 4.29. The van der Waals surface area contributed by atoms with Crippen molar-refractivity contribution < 1.29 is 9.53 Å². The second kappa shape index (κ2) is 7.69. The number of esters is 1. The molecule has 1 aliphatic heterocycles. The van der Waals surface area contributed by atoms with Gasteiger partial charge in [-0.05, 0) is 45.3 Å². The van der Waals surface area contributed by atoms with Gasteiger partial charge in [0, 0.05) is 6.42 Å². The third kappa shape index (κ3) is 5.78. The zero-order chi connectivity index (χ0) is 10.9. The van der Waals surface area contributed by atoms with Crippen LogP contribution in [-0.2, 0) is 9.53 Å². The van der Waals surface area contributed by atoms with Gasteiger partial charge in [-0.1, -0.05) is 12.8 Å². The number of hydrogen-bond donors (Lipinski definition) is 0. The number of piperidine rings is 1. The lowest BCUT2D eigenvalue weighted by Gasteiger charge is -2.26. The summed E-state index contributed by atoms with van der Waals surface area (Å²) in [4.78, 5) is 13.4. The maximum Gasteiger partial charge on any atom is 0.305 e. The summed E-state index contributed by atoms with van der Waals surface area (Å²) in [5, 5.41) is 0. The average molecular weight is 213 g/mol. The van der Waals surface area contributed by atoms with Crippen molar-refractivity contribution in [2.75, 3.05) is 26.7 Å². The minimum Gasteiger partial charge on any atom is -0.469 e. The summed E-state index contributed by atoms with van der Waals surface area (Å²) in [6, 6.07) is 0. The van der Waals surface area contributed by atoms with Crippen LogP contribution in [0.25, 0.3) is 0 Å². The van der Waals surface area contributed by atoms with Gasteiger partial charge in [0.2, 0.25) is 0 Å². The molecule has 0 atom stereocenters. The monoisotopic (exact) mass is 213 g/mol. The van der Waals surface area contributed by atoms with Crippen LogP contribution in [0.3, 0.4) is 0 Å². The molecule has 0 aromatic rings. The Morgan fingerprint density at radius 1 is 1.13 bits per heavy atom. The van der Waals surface area contributed by atoms with E-state index >= 15 is 0 Å². The molecule has 3 nitrogen and oxygen atoms in total. The lowest BCUT2D eigenvalue weighted by Crippen LogP contribution is -2.30. The lowest BCUT2D eigenvalue weighted by molar-refractivity contribution is -0.140. The number of hydrogen-bond acceptors (Lipinski definition) is 3. The van der Waals surface area contributed by atoms with Crippen molar-refractivity contribution in [2.45, 2.75) is 44.9 Å². The number of nitrogens with zero attached hydrogens (tertiary/aromatic N) is 1. The van der Waals surface area contributed by atoms with Crippen molar-refractivity contribution in [3.63, 3.8) is 0 Å². The molecule has 0 aliphatic carbocycles. The smallest absolute Gasteiger partial charge is 0.305 e. The molecule has 1 saturated heterocycles. The highest BCUT2D eigenvalue weighted by Crippen LogP contribution is 2.10. The molecule has 1 fully saturated rings. The van der Waals surface area contributed by atoms with Crippen LogP contribution in [0, 0.1) is 0 Å². The standard InChI is InChI=1S/C12H23NO2/c1-15-12(14)8-4-2-5-9-13-10-6-3-7-11-13/h2-11H2,1H3. The SMILES string of the molecule is COC(=O)CCCCCN1CCCCC1. The summed E-state index contributed by atoms with van der Waals surface area (Å²) in [5.41, 5.74) is 0. The zero-order valence-electron chi connectivity index (χ0n) is 9.83. The summed E-state index contributed by atoms with van der Waals surface area (Å²) in [6.45, 7) is 3.76. The fraction of sp³-hybridized carbons (Fsp3) is 0.917. The van der Waals surface area contributed by atoms with Gasteiger partial charge >= 0.3 is 5.97 Å². The largest absolute Gasteiger partial charge is 0.469 e. The fourth-order valence-corrected chi connectivity index (χ4v) is 2.07. The molecule has 15 heavy (non-hydrogen) atoms. The molecule has 1 rings (SSSR count). The fourth-order valence-electron chi connectivity index (χ4n) is 2.07. The van der Waals surface area contributed by atoms with Crippen molar-refractivity contribution in [3.05, 3.63) is 0 Å². The predicted octanol–water partition coefficient (Wildman–Crippen LogP) is 2.21. The highest BCUT2D eigenvalue weighted by Gasteiger charge is 2.08. The number of ether oxygens (including phenoxy) is 1. The Morgan fingerprint density at radius 3 is 2.53 bits per heavy atom. The van der Waals surface area contributed by atoms with E-state index in [1.54, 1.807) is 0 Å². The third-order valence-electron chi connectivity index (χ3n) is 3.03. The van der Waals surface area contributed by atoms with Crippen LogP contribution in [0.1, 0.15) is 44.9 Å². The first kappa shape index (κ1) is 12.5. The van der Waals surface area contributed by atoms with E-state index in [1.807, 2.05) is 0 Å². The number of carbonyl (C=O) groups excluding carboxylic acids is 1. The topological polar surface area (TPSA) is 29.5 Å². The van der Waals surface area contributed by atoms with Crippen LogP contribution in [0.4, 0.5) is 0 Å². The number of likely N-dealkylation sites (tertiary alicyclic amines) is 1. The van der Waals surface area contributed by atoms with E-state index in [2.05, 4.69) is 9.64 Å². The Kier molecular flexibility index (Phi) is 6.41. The Hall–Kier alpha value is -0.570. The van der Waals surface area contributed by atoms with Gasteiger partial charge in [-0.2, -0.15) is 0 Å². The van der Waals surface area contributed by atoms with E-state index in [-0.39, 0.29) is 5.97 Å². The molecule has 1 aliphatic rings. The number of rotatable bonds is 6. The van der Waals surface area contributed by atoms with Crippen LogP contribution >= 0.6 is 0 Å². The zero-order valence-corrected chi connectivity index (χ0v) is 9.83. The molecule has 0 radical (unpaired) electrons. The van der Waals surface area contributed by atoms with Crippen LogP contribution in [0.5, 0.6) is 0 Å². The van der Waals surface area contributed by atoms with Crippen molar-refractivity contribution in [1.82, 2.24) is 4.90 Å². The van der Waals surface area contributed by atoms with Gasteiger partial charge in [-0.25, -0.2) is 0 Å². The van der Waals surface area contributed by atoms with Gasteiger partial charge in [0.05, 0.1) is 7.11 Å². The van der Waals surface area contributed by atoms with Gasteiger partial charge in [-0.3, -0.25) is 4.79 Å².